The second-order valence-corrected chi connectivity index (χ2v) is 2.32. The largest absolute Gasteiger partial charge is 0.493 e. The molecule has 5 heteroatoms. The Morgan fingerprint density at radius 3 is 2.31 bits per heavy atom. The molecule has 72 valence electrons. The standard InChI is InChI=1S/C8H9F2NO2/c1-12-5-3-4(9)6(10)7(11)8(5)13-2/h3H,11H2,1-2H3. The Bertz CT molecular complexity index is 328. The lowest BCUT2D eigenvalue weighted by atomic mass is 10.2. The van der Waals surface area contributed by atoms with Crippen LogP contribution in [-0.4, -0.2) is 14.2 Å². The SMILES string of the molecule is COc1cc(F)c(F)c(N)c1OC. The maximum atomic E-state index is 12.9. The summed E-state index contributed by atoms with van der Waals surface area (Å²) in [6, 6.07) is 0.879. The Morgan fingerprint density at radius 2 is 1.85 bits per heavy atom. The van der Waals surface area contributed by atoms with Gasteiger partial charge in [-0.05, 0) is 0 Å². The summed E-state index contributed by atoms with van der Waals surface area (Å²) >= 11 is 0. The van der Waals surface area contributed by atoms with Gasteiger partial charge in [-0.1, -0.05) is 0 Å². The molecule has 0 aliphatic rings. The smallest absolute Gasteiger partial charge is 0.187 e. The van der Waals surface area contributed by atoms with Crippen molar-refractivity contribution >= 4 is 5.69 Å². The second kappa shape index (κ2) is 3.47. The van der Waals surface area contributed by atoms with Gasteiger partial charge >= 0.3 is 0 Å². The normalized spacial score (nSPS) is 9.85. The molecule has 0 saturated heterocycles. The number of methoxy groups -OCH3 is 2. The number of halogens is 2. The molecule has 0 unspecified atom stereocenters. The van der Waals surface area contributed by atoms with Crippen molar-refractivity contribution in [3.63, 3.8) is 0 Å². The van der Waals surface area contributed by atoms with Gasteiger partial charge in [0.2, 0.25) is 0 Å². The quantitative estimate of drug-likeness (QED) is 0.718. The van der Waals surface area contributed by atoms with Crippen LogP contribution in [0.15, 0.2) is 6.07 Å². The van der Waals surface area contributed by atoms with Gasteiger partial charge < -0.3 is 15.2 Å². The molecule has 0 bridgehead atoms. The summed E-state index contributed by atoms with van der Waals surface area (Å²) in [5.74, 6) is -2.12. The molecule has 0 heterocycles. The Hall–Kier alpha value is -1.52. The molecule has 0 spiro atoms. The minimum absolute atomic E-state index is 0.00130. The zero-order chi connectivity index (χ0) is 10.0. The van der Waals surface area contributed by atoms with Gasteiger partial charge in [-0.3, -0.25) is 0 Å². The van der Waals surface area contributed by atoms with E-state index in [1.807, 2.05) is 0 Å². The molecule has 0 fully saturated rings. The molecule has 1 aromatic carbocycles. The van der Waals surface area contributed by atoms with Crippen LogP contribution >= 0.6 is 0 Å². The number of benzene rings is 1. The van der Waals surface area contributed by atoms with Crippen LogP contribution in [0.5, 0.6) is 11.5 Å². The van der Waals surface area contributed by atoms with E-state index >= 15 is 0 Å². The van der Waals surface area contributed by atoms with Crippen LogP contribution in [0.1, 0.15) is 0 Å². The van der Waals surface area contributed by atoms with Crippen molar-refractivity contribution < 1.29 is 18.3 Å². The van der Waals surface area contributed by atoms with Gasteiger partial charge in [0.1, 0.15) is 5.69 Å². The zero-order valence-corrected chi connectivity index (χ0v) is 7.23. The van der Waals surface area contributed by atoms with E-state index in [1.54, 1.807) is 0 Å². The van der Waals surface area contributed by atoms with Crippen molar-refractivity contribution in [2.24, 2.45) is 0 Å². The molecule has 0 aliphatic carbocycles. The molecular formula is C8H9F2NO2. The Labute approximate surface area is 74.1 Å². The van der Waals surface area contributed by atoms with Crippen LogP contribution in [0.4, 0.5) is 14.5 Å². The Balaban J connectivity index is 3.39. The average molecular weight is 189 g/mol. The van der Waals surface area contributed by atoms with Crippen molar-refractivity contribution in [3.05, 3.63) is 17.7 Å². The van der Waals surface area contributed by atoms with Crippen molar-refractivity contribution in [2.75, 3.05) is 20.0 Å². The first-order chi connectivity index (χ1) is 6.11. The van der Waals surface area contributed by atoms with Gasteiger partial charge in [0.05, 0.1) is 14.2 Å². The van der Waals surface area contributed by atoms with Crippen LogP contribution in [0.3, 0.4) is 0 Å². The summed E-state index contributed by atoms with van der Waals surface area (Å²) in [4.78, 5) is 0. The number of nitrogens with two attached hydrogens (primary N) is 1. The van der Waals surface area contributed by atoms with E-state index in [9.17, 15) is 8.78 Å². The summed E-state index contributed by atoms with van der Waals surface area (Å²) in [5.41, 5.74) is 4.86. The highest BCUT2D eigenvalue weighted by Crippen LogP contribution is 2.36. The molecule has 0 amide bonds. The van der Waals surface area contributed by atoms with Gasteiger partial charge in [-0.25, -0.2) is 8.78 Å². The van der Waals surface area contributed by atoms with Crippen molar-refractivity contribution in [2.45, 2.75) is 0 Å². The van der Waals surface area contributed by atoms with E-state index in [0.717, 1.165) is 6.07 Å². The average Bonchev–Trinajstić information content (AvgIpc) is 2.13. The van der Waals surface area contributed by atoms with Crippen LogP contribution in [0, 0.1) is 11.6 Å². The third-order valence-corrected chi connectivity index (χ3v) is 1.60. The fourth-order valence-corrected chi connectivity index (χ4v) is 0.967. The predicted molar refractivity (Wildman–Crippen MR) is 43.9 cm³/mol. The van der Waals surface area contributed by atoms with E-state index in [4.69, 9.17) is 15.2 Å². The highest BCUT2D eigenvalue weighted by atomic mass is 19.2. The van der Waals surface area contributed by atoms with Crippen LogP contribution in [0.25, 0.3) is 0 Å². The summed E-state index contributed by atoms with van der Waals surface area (Å²) in [7, 11) is 2.61. The number of hydrogen-bond donors (Lipinski definition) is 1. The van der Waals surface area contributed by atoms with Crippen molar-refractivity contribution in [1.82, 2.24) is 0 Å². The maximum absolute atomic E-state index is 12.9. The molecule has 0 saturated carbocycles. The molecule has 13 heavy (non-hydrogen) atoms. The fraction of sp³-hybridized carbons (Fsp3) is 0.250. The van der Waals surface area contributed by atoms with Gasteiger partial charge in [0.15, 0.2) is 23.1 Å². The topological polar surface area (TPSA) is 44.5 Å². The van der Waals surface area contributed by atoms with Crippen LogP contribution < -0.4 is 15.2 Å². The first-order valence-corrected chi connectivity index (χ1v) is 3.47. The zero-order valence-electron chi connectivity index (χ0n) is 7.23. The van der Waals surface area contributed by atoms with Crippen LogP contribution in [0.2, 0.25) is 0 Å². The first-order valence-electron chi connectivity index (χ1n) is 3.47. The van der Waals surface area contributed by atoms with E-state index in [0.29, 0.717) is 0 Å². The molecule has 0 radical (unpaired) electrons. The highest BCUT2D eigenvalue weighted by molar-refractivity contribution is 5.61. The molecule has 0 aromatic heterocycles. The minimum atomic E-state index is -1.13. The maximum Gasteiger partial charge on any atom is 0.187 e. The molecule has 0 atom stereocenters. The van der Waals surface area contributed by atoms with Crippen molar-refractivity contribution in [3.8, 4) is 11.5 Å². The number of hydrogen-bond acceptors (Lipinski definition) is 3. The number of ether oxygens (including phenoxy) is 2. The van der Waals surface area contributed by atoms with Gasteiger partial charge in [0, 0.05) is 6.07 Å². The lowest BCUT2D eigenvalue weighted by Gasteiger charge is -2.10. The third-order valence-electron chi connectivity index (χ3n) is 1.60. The summed E-state index contributed by atoms with van der Waals surface area (Å²) in [6.07, 6.45) is 0. The summed E-state index contributed by atoms with van der Waals surface area (Å²) in [6.45, 7) is 0. The lowest BCUT2D eigenvalue weighted by Crippen LogP contribution is -2.01. The number of rotatable bonds is 2. The molecule has 1 rings (SSSR count). The van der Waals surface area contributed by atoms with E-state index in [2.05, 4.69) is 0 Å². The second-order valence-electron chi connectivity index (χ2n) is 2.32. The summed E-state index contributed by atoms with van der Waals surface area (Å²) < 4.78 is 35.1. The third kappa shape index (κ3) is 1.49. The predicted octanol–water partition coefficient (Wildman–Crippen LogP) is 1.56. The molecule has 0 aliphatic heterocycles. The molecule has 1 aromatic rings. The first kappa shape index (κ1) is 9.57. The van der Waals surface area contributed by atoms with Crippen LogP contribution in [-0.2, 0) is 0 Å². The minimum Gasteiger partial charge on any atom is -0.493 e. The number of anilines is 1. The van der Waals surface area contributed by atoms with E-state index in [1.165, 1.54) is 14.2 Å². The fourth-order valence-electron chi connectivity index (χ4n) is 0.967. The monoisotopic (exact) mass is 189 g/mol. The van der Waals surface area contributed by atoms with Gasteiger partial charge in [-0.15, -0.1) is 0 Å². The summed E-state index contributed by atoms with van der Waals surface area (Å²) in [5, 5.41) is 0. The van der Waals surface area contributed by atoms with Gasteiger partial charge in [-0.2, -0.15) is 0 Å². The van der Waals surface area contributed by atoms with Gasteiger partial charge in [0.25, 0.3) is 0 Å². The molecular weight excluding hydrogens is 180 g/mol. The lowest BCUT2D eigenvalue weighted by molar-refractivity contribution is 0.349. The van der Waals surface area contributed by atoms with E-state index in [-0.39, 0.29) is 17.2 Å². The van der Waals surface area contributed by atoms with Crippen molar-refractivity contribution in [1.29, 1.82) is 0 Å². The number of nitrogen functional groups attached to an aromatic ring is 1. The van der Waals surface area contributed by atoms with E-state index < -0.39 is 11.6 Å². The molecule has 3 nitrogen and oxygen atoms in total. The Morgan fingerprint density at radius 1 is 1.23 bits per heavy atom. The Kier molecular flexibility index (Phi) is 2.55. The highest BCUT2D eigenvalue weighted by Gasteiger charge is 2.17. The molecule has 2 N–H and O–H groups in total.